The van der Waals surface area contributed by atoms with Crippen molar-refractivity contribution in [2.75, 3.05) is 23.7 Å². The zero-order valence-electron chi connectivity index (χ0n) is 20.5. The zero-order chi connectivity index (χ0) is 26.8. The minimum Gasteiger partial charge on any atom is -0.339 e. The molecule has 2 aliphatic rings. The molecule has 3 aromatic rings. The molecule has 3 aromatic carbocycles. The van der Waals surface area contributed by atoms with E-state index in [-0.39, 0.29) is 33.7 Å². The zero-order valence-corrected chi connectivity index (χ0v) is 22.1. The van der Waals surface area contributed by atoms with Crippen LogP contribution in [0.5, 0.6) is 0 Å². The monoisotopic (exact) mass is 581 g/mol. The number of hydrogen-bond acceptors (Lipinski definition) is 3. The third kappa shape index (κ3) is 5.93. The van der Waals surface area contributed by atoms with Gasteiger partial charge >= 0.3 is 0 Å². The summed E-state index contributed by atoms with van der Waals surface area (Å²) in [6, 6.07) is 16.1. The number of halogens is 3. The van der Waals surface area contributed by atoms with Gasteiger partial charge in [0, 0.05) is 35.9 Å². The van der Waals surface area contributed by atoms with Gasteiger partial charge < -0.3 is 15.5 Å². The molecule has 0 spiro atoms. The number of hydrogen-bond donors (Lipinski definition) is 2. The number of nitrogens with one attached hydrogen (secondary N) is 2. The Morgan fingerprint density at radius 2 is 1.39 bits per heavy atom. The summed E-state index contributed by atoms with van der Waals surface area (Å²) in [5.41, 5.74) is 2.49. The number of benzene rings is 3. The molecule has 2 fully saturated rings. The molecule has 5 rings (SSSR count). The molecule has 1 aliphatic heterocycles. The minimum absolute atomic E-state index is 0.0295. The minimum atomic E-state index is -0.815. The summed E-state index contributed by atoms with van der Waals surface area (Å²) in [6.45, 7) is 1.24. The second-order valence-electron chi connectivity index (χ2n) is 9.73. The number of likely N-dealkylation sites (tertiary alicyclic amines) is 1. The van der Waals surface area contributed by atoms with E-state index >= 15 is 0 Å². The second kappa shape index (κ2) is 11.0. The number of amides is 3. The maximum absolute atomic E-state index is 14.1. The van der Waals surface area contributed by atoms with Crippen molar-refractivity contribution in [3.8, 4) is 0 Å². The molecule has 2 N–H and O–H groups in total. The molecule has 0 unspecified atom stereocenters. The van der Waals surface area contributed by atoms with Gasteiger partial charge in [-0.05, 0) is 102 Å². The SMILES string of the molecule is O=C(Nc1ccc(C2CCN(C(=O)c3ccc(NC(=O)C4CC4)cc3)CC2)cc1)c1cc(F)c(Br)cc1F. The van der Waals surface area contributed by atoms with E-state index in [1.807, 2.05) is 17.0 Å². The van der Waals surface area contributed by atoms with Gasteiger partial charge in [0.15, 0.2) is 0 Å². The molecule has 196 valence electrons. The van der Waals surface area contributed by atoms with Crippen LogP contribution in [0.1, 0.15) is 57.9 Å². The topological polar surface area (TPSA) is 78.5 Å². The maximum atomic E-state index is 14.1. The van der Waals surface area contributed by atoms with Crippen molar-refractivity contribution in [2.24, 2.45) is 5.92 Å². The second-order valence-corrected chi connectivity index (χ2v) is 10.6. The predicted molar refractivity (Wildman–Crippen MR) is 144 cm³/mol. The Kier molecular flexibility index (Phi) is 7.56. The van der Waals surface area contributed by atoms with Crippen LogP contribution in [-0.4, -0.2) is 35.7 Å². The van der Waals surface area contributed by atoms with Crippen LogP contribution < -0.4 is 10.6 Å². The van der Waals surface area contributed by atoms with Crippen LogP contribution in [-0.2, 0) is 4.79 Å². The van der Waals surface area contributed by atoms with Crippen molar-refractivity contribution in [1.29, 1.82) is 0 Å². The molecule has 3 amide bonds. The van der Waals surface area contributed by atoms with Gasteiger partial charge in [0.1, 0.15) is 11.6 Å². The van der Waals surface area contributed by atoms with E-state index in [0.29, 0.717) is 30.0 Å². The Hall–Kier alpha value is -3.59. The summed E-state index contributed by atoms with van der Waals surface area (Å²) in [4.78, 5) is 39.1. The largest absolute Gasteiger partial charge is 0.339 e. The number of piperidine rings is 1. The van der Waals surface area contributed by atoms with Gasteiger partial charge in [-0.3, -0.25) is 14.4 Å². The molecule has 6 nitrogen and oxygen atoms in total. The highest BCUT2D eigenvalue weighted by atomic mass is 79.9. The van der Waals surface area contributed by atoms with E-state index in [4.69, 9.17) is 0 Å². The van der Waals surface area contributed by atoms with Crippen molar-refractivity contribution in [3.05, 3.63) is 93.5 Å². The molecule has 0 radical (unpaired) electrons. The highest BCUT2D eigenvalue weighted by molar-refractivity contribution is 9.10. The van der Waals surface area contributed by atoms with Gasteiger partial charge in [-0.15, -0.1) is 0 Å². The van der Waals surface area contributed by atoms with Crippen LogP contribution in [0.4, 0.5) is 20.2 Å². The molecule has 1 saturated heterocycles. The molecule has 1 saturated carbocycles. The van der Waals surface area contributed by atoms with Gasteiger partial charge in [0.05, 0.1) is 10.0 Å². The fourth-order valence-corrected chi connectivity index (χ4v) is 4.93. The lowest BCUT2D eigenvalue weighted by Crippen LogP contribution is -2.37. The summed E-state index contributed by atoms with van der Waals surface area (Å²) < 4.78 is 27.8. The number of carbonyl (C=O) groups excluding carboxylic acids is 3. The normalized spacial score (nSPS) is 15.7. The van der Waals surface area contributed by atoms with Crippen molar-refractivity contribution >= 4 is 45.0 Å². The predicted octanol–water partition coefficient (Wildman–Crippen LogP) is 6.35. The number of carbonyl (C=O) groups is 3. The summed E-state index contributed by atoms with van der Waals surface area (Å²) in [6.07, 6.45) is 3.48. The Morgan fingerprint density at radius 3 is 2.03 bits per heavy atom. The molecular weight excluding hydrogens is 556 g/mol. The Labute approximate surface area is 227 Å². The molecule has 1 aliphatic carbocycles. The fraction of sp³-hybridized carbons (Fsp3) is 0.276. The maximum Gasteiger partial charge on any atom is 0.258 e. The van der Waals surface area contributed by atoms with Crippen LogP contribution >= 0.6 is 15.9 Å². The molecule has 0 bridgehead atoms. The van der Waals surface area contributed by atoms with Crippen molar-refractivity contribution in [2.45, 2.75) is 31.6 Å². The van der Waals surface area contributed by atoms with Crippen LogP contribution in [0.25, 0.3) is 0 Å². The van der Waals surface area contributed by atoms with Crippen molar-refractivity contribution in [3.63, 3.8) is 0 Å². The average molecular weight is 582 g/mol. The lowest BCUT2D eigenvalue weighted by atomic mass is 9.89. The van der Waals surface area contributed by atoms with Crippen molar-refractivity contribution < 1.29 is 23.2 Å². The molecule has 9 heteroatoms. The van der Waals surface area contributed by atoms with Gasteiger partial charge in [-0.25, -0.2) is 8.78 Å². The van der Waals surface area contributed by atoms with Gasteiger partial charge in [0.25, 0.3) is 11.8 Å². The average Bonchev–Trinajstić information content (AvgIpc) is 3.77. The van der Waals surface area contributed by atoms with E-state index in [2.05, 4.69) is 26.6 Å². The first-order valence-corrected chi connectivity index (χ1v) is 13.3. The van der Waals surface area contributed by atoms with Gasteiger partial charge in [0.2, 0.25) is 5.91 Å². The Bertz CT molecular complexity index is 1370. The Balaban J connectivity index is 1.14. The van der Waals surface area contributed by atoms with Crippen LogP contribution in [0, 0.1) is 17.6 Å². The third-order valence-electron chi connectivity index (χ3n) is 7.02. The van der Waals surface area contributed by atoms with Crippen LogP contribution in [0.15, 0.2) is 65.1 Å². The van der Waals surface area contributed by atoms with Crippen LogP contribution in [0.2, 0.25) is 0 Å². The molecule has 38 heavy (non-hydrogen) atoms. The third-order valence-corrected chi connectivity index (χ3v) is 7.63. The number of rotatable bonds is 6. The fourth-order valence-electron chi connectivity index (χ4n) is 4.62. The first-order chi connectivity index (χ1) is 18.3. The first kappa shape index (κ1) is 26.0. The van der Waals surface area contributed by atoms with Gasteiger partial charge in [-0.2, -0.15) is 0 Å². The first-order valence-electron chi connectivity index (χ1n) is 12.5. The quantitative estimate of drug-likeness (QED) is 0.333. The summed E-state index contributed by atoms with van der Waals surface area (Å²) in [7, 11) is 0. The standard InChI is InChI=1S/C29H26BrF2N3O3/c30-24-16-25(31)23(15-26(24)32)28(37)34-22-7-3-17(4-8-22)18-11-13-35(14-12-18)29(38)20-5-9-21(10-6-20)33-27(36)19-1-2-19/h3-10,15-16,18-19H,1-2,11-14H2,(H,33,36)(H,34,37). The summed E-state index contributed by atoms with van der Waals surface area (Å²) in [5, 5.41) is 5.48. The van der Waals surface area contributed by atoms with E-state index in [1.165, 1.54) is 0 Å². The highest BCUT2D eigenvalue weighted by Gasteiger charge is 2.29. The van der Waals surface area contributed by atoms with E-state index in [0.717, 1.165) is 43.4 Å². The van der Waals surface area contributed by atoms with E-state index in [1.54, 1.807) is 36.4 Å². The lowest BCUT2D eigenvalue weighted by Gasteiger charge is -2.32. The summed E-state index contributed by atoms with van der Waals surface area (Å²) in [5.74, 6) is -1.86. The molecule has 0 aromatic heterocycles. The number of anilines is 2. The lowest BCUT2D eigenvalue weighted by molar-refractivity contribution is -0.117. The Morgan fingerprint density at radius 1 is 0.789 bits per heavy atom. The molecule has 0 atom stereocenters. The van der Waals surface area contributed by atoms with Crippen molar-refractivity contribution in [1.82, 2.24) is 4.90 Å². The number of nitrogens with zero attached hydrogens (tertiary/aromatic N) is 1. The molecular formula is C29H26BrF2N3O3. The van der Waals surface area contributed by atoms with E-state index < -0.39 is 17.5 Å². The summed E-state index contributed by atoms with van der Waals surface area (Å²) >= 11 is 2.90. The smallest absolute Gasteiger partial charge is 0.258 e. The van der Waals surface area contributed by atoms with Gasteiger partial charge in [-0.1, -0.05) is 12.1 Å². The highest BCUT2D eigenvalue weighted by Crippen LogP contribution is 2.31. The molecule has 1 heterocycles. The van der Waals surface area contributed by atoms with E-state index in [9.17, 15) is 23.2 Å². The van der Waals surface area contributed by atoms with Crippen LogP contribution in [0.3, 0.4) is 0 Å².